The molecule has 0 bridgehead atoms. The van der Waals surface area contributed by atoms with E-state index in [-0.39, 0.29) is 0 Å². The maximum Gasteiger partial charge on any atom is 0.334 e. The van der Waals surface area contributed by atoms with Crippen LogP contribution in [0.5, 0.6) is 0 Å². The highest BCUT2D eigenvalue weighted by molar-refractivity contribution is 5.73. The van der Waals surface area contributed by atoms with Crippen molar-refractivity contribution in [2.24, 2.45) is 0 Å². The van der Waals surface area contributed by atoms with Gasteiger partial charge in [-0.05, 0) is 13.3 Å². The first-order valence-corrected chi connectivity index (χ1v) is 6.53. The van der Waals surface area contributed by atoms with Gasteiger partial charge in [0.2, 0.25) is 0 Å². The number of carboxylic acids is 1. The van der Waals surface area contributed by atoms with Crippen LogP contribution in [0.1, 0.15) is 24.7 Å². The number of rotatable bonds is 4. The number of anilines is 1. The number of morpholine rings is 1. The molecule has 1 unspecified atom stereocenters. The van der Waals surface area contributed by atoms with E-state index < -0.39 is 12.1 Å². The molecule has 0 aliphatic carbocycles. The highest BCUT2D eigenvalue weighted by Gasteiger charge is 2.28. The Bertz CT molecular complexity index is 464. The quantitative estimate of drug-likeness (QED) is 0.876. The van der Waals surface area contributed by atoms with E-state index in [0.717, 1.165) is 24.2 Å². The zero-order valence-corrected chi connectivity index (χ0v) is 11.3. The molecule has 0 amide bonds. The molecule has 0 spiro atoms. The van der Waals surface area contributed by atoms with Crippen molar-refractivity contribution in [2.45, 2.75) is 32.8 Å². The van der Waals surface area contributed by atoms with Gasteiger partial charge >= 0.3 is 5.97 Å². The summed E-state index contributed by atoms with van der Waals surface area (Å²) in [6.07, 6.45) is 2.96. The third kappa shape index (κ3) is 3.20. The van der Waals surface area contributed by atoms with E-state index in [1.165, 1.54) is 0 Å². The van der Waals surface area contributed by atoms with Crippen molar-refractivity contribution in [2.75, 3.05) is 24.6 Å². The van der Waals surface area contributed by atoms with Crippen LogP contribution in [-0.2, 0) is 16.0 Å². The van der Waals surface area contributed by atoms with Crippen LogP contribution in [0.3, 0.4) is 0 Å². The summed E-state index contributed by atoms with van der Waals surface area (Å²) in [5.74, 6) is 0.629. The third-order valence-electron chi connectivity index (χ3n) is 3.12. The minimum Gasteiger partial charge on any atom is -0.479 e. The minimum absolute atomic E-state index is 0.336. The predicted molar refractivity (Wildman–Crippen MR) is 70.4 cm³/mol. The Labute approximate surface area is 112 Å². The largest absolute Gasteiger partial charge is 0.479 e. The second-order valence-corrected chi connectivity index (χ2v) is 4.66. The highest BCUT2D eigenvalue weighted by atomic mass is 16.5. The average molecular weight is 265 g/mol. The van der Waals surface area contributed by atoms with Gasteiger partial charge in [0.25, 0.3) is 0 Å². The summed E-state index contributed by atoms with van der Waals surface area (Å²) in [5.41, 5.74) is 1.07. The van der Waals surface area contributed by atoms with Crippen LogP contribution in [0.15, 0.2) is 6.20 Å². The standard InChI is InChI=1S/C13H19N3O3/c1-3-4-10-7-14-9(2)15-12(10)16-5-6-19-11(8-16)13(17)18/h7,11H,3-6,8H2,1-2H3,(H,17,18). The van der Waals surface area contributed by atoms with Gasteiger partial charge in [0, 0.05) is 18.3 Å². The monoisotopic (exact) mass is 265 g/mol. The van der Waals surface area contributed by atoms with Crippen LogP contribution in [0.4, 0.5) is 5.82 Å². The molecule has 0 radical (unpaired) electrons. The molecule has 2 rings (SSSR count). The van der Waals surface area contributed by atoms with Gasteiger partial charge in [-0.25, -0.2) is 14.8 Å². The number of nitrogens with zero attached hydrogens (tertiary/aromatic N) is 3. The Kier molecular flexibility index (Phi) is 4.31. The van der Waals surface area contributed by atoms with Gasteiger partial charge in [-0.15, -0.1) is 0 Å². The second-order valence-electron chi connectivity index (χ2n) is 4.66. The lowest BCUT2D eigenvalue weighted by Crippen LogP contribution is -2.46. The Morgan fingerprint density at radius 3 is 3.11 bits per heavy atom. The zero-order chi connectivity index (χ0) is 13.8. The molecule has 1 fully saturated rings. The van der Waals surface area contributed by atoms with Crippen LogP contribution in [0.25, 0.3) is 0 Å². The first kappa shape index (κ1) is 13.7. The van der Waals surface area contributed by atoms with Crippen LogP contribution in [-0.4, -0.2) is 46.8 Å². The molecule has 6 nitrogen and oxygen atoms in total. The molecule has 104 valence electrons. The summed E-state index contributed by atoms with van der Waals surface area (Å²) < 4.78 is 5.24. The number of hydrogen-bond donors (Lipinski definition) is 1. The molecular formula is C13H19N3O3. The van der Waals surface area contributed by atoms with E-state index >= 15 is 0 Å². The molecule has 2 heterocycles. The topological polar surface area (TPSA) is 75.5 Å². The zero-order valence-electron chi connectivity index (χ0n) is 11.3. The van der Waals surface area contributed by atoms with E-state index in [0.29, 0.717) is 25.5 Å². The third-order valence-corrected chi connectivity index (χ3v) is 3.12. The Balaban J connectivity index is 2.24. The maximum atomic E-state index is 11.0. The number of aromatic nitrogens is 2. The van der Waals surface area contributed by atoms with Gasteiger partial charge < -0.3 is 14.7 Å². The maximum absolute atomic E-state index is 11.0. The molecule has 1 N–H and O–H groups in total. The number of hydrogen-bond acceptors (Lipinski definition) is 5. The van der Waals surface area contributed by atoms with E-state index in [4.69, 9.17) is 9.84 Å². The summed E-state index contributed by atoms with van der Waals surface area (Å²) in [6, 6.07) is 0. The average Bonchev–Trinajstić information content (AvgIpc) is 2.41. The van der Waals surface area contributed by atoms with Crippen molar-refractivity contribution >= 4 is 11.8 Å². The molecule has 0 saturated carbocycles. The predicted octanol–water partition coefficient (Wildman–Crippen LogP) is 1.03. The Morgan fingerprint density at radius 2 is 2.42 bits per heavy atom. The summed E-state index contributed by atoms with van der Waals surface area (Å²) in [5, 5.41) is 9.05. The summed E-state index contributed by atoms with van der Waals surface area (Å²) in [7, 11) is 0. The van der Waals surface area contributed by atoms with Crippen molar-refractivity contribution < 1.29 is 14.6 Å². The Hall–Kier alpha value is -1.69. The SMILES string of the molecule is CCCc1cnc(C)nc1N1CCOC(C(=O)O)C1. The lowest BCUT2D eigenvalue weighted by Gasteiger charge is -2.32. The van der Waals surface area contributed by atoms with Gasteiger partial charge in [0.1, 0.15) is 11.6 Å². The summed E-state index contributed by atoms with van der Waals surface area (Å²) in [4.78, 5) is 21.7. The van der Waals surface area contributed by atoms with Crippen molar-refractivity contribution in [3.05, 3.63) is 17.6 Å². The van der Waals surface area contributed by atoms with E-state index in [1.54, 1.807) is 0 Å². The lowest BCUT2D eigenvalue weighted by atomic mass is 10.1. The van der Waals surface area contributed by atoms with Crippen molar-refractivity contribution in [3.8, 4) is 0 Å². The molecule has 19 heavy (non-hydrogen) atoms. The number of aryl methyl sites for hydroxylation is 2. The van der Waals surface area contributed by atoms with Crippen LogP contribution < -0.4 is 4.90 Å². The van der Waals surface area contributed by atoms with Crippen LogP contribution >= 0.6 is 0 Å². The molecule has 1 aromatic rings. The van der Waals surface area contributed by atoms with E-state index in [1.807, 2.05) is 18.0 Å². The van der Waals surface area contributed by atoms with Gasteiger partial charge in [0.15, 0.2) is 6.10 Å². The number of aliphatic carboxylic acids is 1. The first-order valence-electron chi connectivity index (χ1n) is 6.53. The van der Waals surface area contributed by atoms with Crippen molar-refractivity contribution in [3.63, 3.8) is 0 Å². The summed E-state index contributed by atoms with van der Waals surface area (Å²) >= 11 is 0. The molecule has 6 heteroatoms. The second kappa shape index (κ2) is 5.97. The molecule has 1 atom stereocenters. The molecule has 1 saturated heterocycles. The molecule has 0 aromatic carbocycles. The smallest absolute Gasteiger partial charge is 0.334 e. The van der Waals surface area contributed by atoms with Gasteiger partial charge in [-0.1, -0.05) is 13.3 Å². The number of carboxylic acid groups (broad SMARTS) is 1. The van der Waals surface area contributed by atoms with Crippen molar-refractivity contribution in [1.82, 2.24) is 9.97 Å². The van der Waals surface area contributed by atoms with Gasteiger partial charge in [-0.2, -0.15) is 0 Å². The van der Waals surface area contributed by atoms with E-state index in [2.05, 4.69) is 16.9 Å². The summed E-state index contributed by atoms with van der Waals surface area (Å²) in [6.45, 7) is 5.35. The Morgan fingerprint density at radius 1 is 1.63 bits per heavy atom. The van der Waals surface area contributed by atoms with Crippen molar-refractivity contribution in [1.29, 1.82) is 0 Å². The van der Waals surface area contributed by atoms with Gasteiger partial charge in [0.05, 0.1) is 13.2 Å². The molecule has 1 aliphatic heterocycles. The lowest BCUT2D eigenvalue weighted by molar-refractivity contribution is -0.150. The number of ether oxygens (including phenoxy) is 1. The molecule has 1 aromatic heterocycles. The highest BCUT2D eigenvalue weighted by Crippen LogP contribution is 2.21. The first-order chi connectivity index (χ1) is 9.11. The molecule has 1 aliphatic rings. The van der Waals surface area contributed by atoms with Gasteiger partial charge in [-0.3, -0.25) is 0 Å². The van der Waals surface area contributed by atoms with Crippen LogP contribution in [0, 0.1) is 6.92 Å². The fourth-order valence-electron chi connectivity index (χ4n) is 2.19. The van der Waals surface area contributed by atoms with Crippen LogP contribution in [0.2, 0.25) is 0 Å². The van der Waals surface area contributed by atoms with E-state index in [9.17, 15) is 4.79 Å². The fraction of sp³-hybridized carbons (Fsp3) is 0.615. The normalized spacial score (nSPS) is 19.5. The number of carbonyl (C=O) groups is 1. The molecular weight excluding hydrogens is 246 g/mol. The minimum atomic E-state index is -0.924. The fourth-order valence-corrected chi connectivity index (χ4v) is 2.19.